The van der Waals surface area contributed by atoms with Crippen LogP contribution in [0.5, 0.6) is 0 Å². The van der Waals surface area contributed by atoms with E-state index in [9.17, 15) is 18.5 Å². The number of nitro groups is 1. The lowest BCUT2D eigenvalue weighted by Crippen LogP contribution is -2.35. The molecule has 1 rings (SSSR count). The molecule has 20 heavy (non-hydrogen) atoms. The molecule has 112 valence electrons. The maximum atomic E-state index is 12.3. The average Bonchev–Trinajstić information content (AvgIpc) is 2.39. The smallest absolute Gasteiger partial charge is 0.269 e. The van der Waals surface area contributed by atoms with Gasteiger partial charge in [-0.05, 0) is 25.1 Å². The van der Waals surface area contributed by atoms with Gasteiger partial charge < -0.3 is 5.32 Å². The summed E-state index contributed by atoms with van der Waals surface area (Å²) in [6.07, 6.45) is 1.67. The monoisotopic (exact) mass is 300 g/mol. The zero-order chi connectivity index (χ0) is 15.2. The van der Waals surface area contributed by atoms with E-state index in [-0.39, 0.29) is 22.4 Å². The van der Waals surface area contributed by atoms with Gasteiger partial charge in [-0.1, -0.05) is 20.3 Å². The van der Waals surface area contributed by atoms with Gasteiger partial charge in [0.15, 0.2) is 9.84 Å². The van der Waals surface area contributed by atoms with Crippen LogP contribution in [0.3, 0.4) is 0 Å². The second kappa shape index (κ2) is 7.35. The van der Waals surface area contributed by atoms with Gasteiger partial charge in [0.05, 0.1) is 15.6 Å². The summed E-state index contributed by atoms with van der Waals surface area (Å²) in [5, 5.41) is 13.7. The summed E-state index contributed by atoms with van der Waals surface area (Å²) in [6.45, 7) is 4.64. The number of benzene rings is 1. The van der Waals surface area contributed by atoms with E-state index >= 15 is 0 Å². The highest BCUT2D eigenvalue weighted by Gasteiger charge is 2.21. The Morgan fingerprint density at radius 3 is 2.30 bits per heavy atom. The van der Waals surface area contributed by atoms with Crippen molar-refractivity contribution in [3.8, 4) is 0 Å². The van der Waals surface area contributed by atoms with Gasteiger partial charge in [0.25, 0.3) is 5.69 Å². The molecule has 0 aliphatic heterocycles. The largest absolute Gasteiger partial charge is 0.313 e. The van der Waals surface area contributed by atoms with Crippen molar-refractivity contribution in [3.63, 3.8) is 0 Å². The van der Waals surface area contributed by atoms with Gasteiger partial charge in [-0.3, -0.25) is 10.1 Å². The first-order valence-corrected chi connectivity index (χ1v) is 8.26. The maximum absolute atomic E-state index is 12.3. The van der Waals surface area contributed by atoms with E-state index in [0.717, 1.165) is 12.8 Å². The number of nitro benzene ring substituents is 1. The van der Waals surface area contributed by atoms with Gasteiger partial charge in [0, 0.05) is 18.2 Å². The van der Waals surface area contributed by atoms with Crippen molar-refractivity contribution >= 4 is 15.5 Å². The Balaban J connectivity index is 2.89. The first-order valence-electron chi connectivity index (χ1n) is 6.61. The molecule has 1 atom stereocenters. The predicted octanol–water partition coefficient (Wildman–Crippen LogP) is 2.15. The highest BCUT2D eigenvalue weighted by Crippen LogP contribution is 2.18. The summed E-state index contributed by atoms with van der Waals surface area (Å²) >= 11 is 0. The van der Waals surface area contributed by atoms with Crippen molar-refractivity contribution in [1.29, 1.82) is 0 Å². The molecular formula is C13H20N2O4S. The van der Waals surface area contributed by atoms with Crippen LogP contribution in [0.25, 0.3) is 0 Å². The summed E-state index contributed by atoms with van der Waals surface area (Å²) < 4.78 is 24.5. The maximum Gasteiger partial charge on any atom is 0.269 e. The number of non-ortho nitro benzene ring substituents is 1. The van der Waals surface area contributed by atoms with Gasteiger partial charge in [-0.25, -0.2) is 8.42 Å². The summed E-state index contributed by atoms with van der Waals surface area (Å²) in [4.78, 5) is 10.1. The van der Waals surface area contributed by atoms with E-state index < -0.39 is 14.8 Å². The number of rotatable bonds is 8. The molecule has 1 aromatic carbocycles. The lowest BCUT2D eigenvalue weighted by molar-refractivity contribution is -0.384. The molecular weight excluding hydrogens is 280 g/mol. The zero-order valence-electron chi connectivity index (χ0n) is 11.7. The van der Waals surface area contributed by atoms with Crippen LogP contribution in [0.1, 0.15) is 26.7 Å². The van der Waals surface area contributed by atoms with Crippen molar-refractivity contribution in [3.05, 3.63) is 34.4 Å². The second-order valence-corrected chi connectivity index (χ2v) is 6.61. The zero-order valence-corrected chi connectivity index (χ0v) is 12.5. The molecule has 0 aliphatic rings. The van der Waals surface area contributed by atoms with E-state index in [0.29, 0.717) is 6.54 Å². The molecule has 0 spiro atoms. The number of nitrogens with one attached hydrogen (secondary N) is 1. The predicted molar refractivity (Wildman–Crippen MR) is 77.5 cm³/mol. The van der Waals surface area contributed by atoms with Crippen LogP contribution in [0, 0.1) is 10.1 Å². The van der Waals surface area contributed by atoms with E-state index in [1.54, 1.807) is 0 Å². The van der Waals surface area contributed by atoms with Crippen molar-refractivity contribution in [2.24, 2.45) is 0 Å². The third-order valence-corrected chi connectivity index (χ3v) is 4.79. The molecule has 7 heteroatoms. The van der Waals surface area contributed by atoms with Gasteiger partial charge in [0.2, 0.25) is 0 Å². The summed E-state index contributed by atoms with van der Waals surface area (Å²) in [7, 11) is -3.43. The Morgan fingerprint density at radius 1 is 1.25 bits per heavy atom. The van der Waals surface area contributed by atoms with E-state index in [4.69, 9.17) is 0 Å². The van der Waals surface area contributed by atoms with Gasteiger partial charge in [-0.2, -0.15) is 0 Å². The molecule has 0 fully saturated rings. The van der Waals surface area contributed by atoms with Crippen molar-refractivity contribution in [2.75, 3.05) is 12.3 Å². The standard InChI is InChI=1S/C13H20N2O4S/c1-3-5-11(14-4-2)10-20(18,19)13-8-6-12(7-9-13)15(16)17/h6-9,11,14H,3-5,10H2,1-2H3. The fourth-order valence-corrected chi connectivity index (χ4v) is 3.58. The number of sulfone groups is 1. The third kappa shape index (κ3) is 4.57. The van der Waals surface area contributed by atoms with Gasteiger partial charge in [-0.15, -0.1) is 0 Å². The van der Waals surface area contributed by atoms with Crippen LogP contribution in [0.2, 0.25) is 0 Å². The minimum absolute atomic E-state index is 0.00644. The van der Waals surface area contributed by atoms with E-state index in [2.05, 4.69) is 5.32 Å². The van der Waals surface area contributed by atoms with Gasteiger partial charge >= 0.3 is 0 Å². The van der Waals surface area contributed by atoms with Gasteiger partial charge in [0.1, 0.15) is 0 Å². The quantitative estimate of drug-likeness (QED) is 0.587. The SMILES string of the molecule is CCCC(CS(=O)(=O)c1ccc([N+](=O)[O-])cc1)NCC. The number of nitrogens with zero attached hydrogens (tertiary/aromatic N) is 1. The molecule has 0 aromatic heterocycles. The Labute approximate surface area is 119 Å². The fraction of sp³-hybridized carbons (Fsp3) is 0.538. The highest BCUT2D eigenvalue weighted by atomic mass is 32.2. The Bertz CT molecular complexity index is 534. The van der Waals surface area contributed by atoms with Crippen LogP contribution >= 0.6 is 0 Å². The molecule has 0 heterocycles. The molecule has 1 unspecified atom stereocenters. The molecule has 0 saturated carbocycles. The fourth-order valence-electron chi connectivity index (χ4n) is 2.02. The summed E-state index contributed by atoms with van der Waals surface area (Å²) in [6, 6.07) is 4.93. The first kappa shape index (κ1) is 16.6. The molecule has 0 saturated heterocycles. The Hall–Kier alpha value is -1.47. The minimum Gasteiger partial charge on any atom is -0.313 e. The normalized spacial score (nSPS) is 13.1. The molecule has 1 aromatic rings. The van der Waals surface area contributed by atoms with Crippen LogP contribution in [-0.4, -0.2) is 31.7 Å². The third-order valence-electron chi connectivity index (χ3n) is 2.96. The molecule has 1 N–H and O–H groups in total. The van der Waals surface area contributed by atoms with E-state index in [1.807, 2.05) is 13.8 Å². The number of hydrogen-bond acceptors (Lipinski definition) is 5. The first-order chi connectivity index (χ1) is 9.40. The van der Waals surface area contributed by atoms with Crippen LogP contribution < -0.4 is 5.32 Å². The van der Waals surface area contributed by atoms with Crippen molar-refractivity contribution in [1.82, 2.24) is 5.32 Å². The average molecular weight is 300 g/mol. The van der Waals surface area contributed by atoms with E-state index in [1.165, 1.54) is 24.3 Å². The molecule has 0 radical (unpaired) electrons. The molecule has 6 nitrogen and oxygen atoms in total. The summed E-state index contributed by atoms with van der Waals surface area (Å²) in [5.74, 6) is 0.00644. The Kier molecular flexibility index (Phi) is 6.09. The highest BCUT2D eigenvalue weighted by molar-refractivity contribution is 7.91. The second-order valence-electron chi connectivity index (χ2n) is 4.58. The minimum atomic E-state index is -3.43. The van der Waals surface area contributed by atoms with Crippen molar-refractivity contribution < 1.29 is 13.3 Å². The lowest BCUT2D eigenvalue weighted by Gasteiger charge is -2.17. The van der Waals surface area contributed by atoms with Crippen molar-refractivity contribution in [2.45, 2.75) is 37.6 Å². The molecule has 0 bridgehead atoms. The van der Waals surface area contributed by atoms with Crippen LogP contribution in [-0.2, 0) is 9.84 Å². The molecule has 0 amide bonds. The Morgan fingerprint density at radius 2 is 1.85 bits per heavy atom. The molecule has 0 aliphatic carbocycles. The number of hydrogen-bond donors (Lipinski definition) is 1. The lowest BCUT2D eigenvalue weighted by atomic mass is 10.2. The van der Waals surface area contributed by atoms with Crippen LogP contribution in [0.15, 0.2) is 29.2 Å². The topological polar surface area (TPSA) is 89.3 Å². The van der Waals surface area contributed by atoms with Crippen LogP contribution in [0.4, 0.5) is 5.69 Å². The summed E-state index contributed by atoms with van der Waals surface area (Å²) in [5.41, 5.74) is -0.110.